The lowest BCUT2D eigenvalue weighted by Crippen LogP contribution is -2.05. The molecule has 1 N–H and O–H groups in total. The fraction of sp³-hybridized carbons (Fsp3) is 0.200. The zero-order valence-electron chi connectivity index (χ0n) is 10.5. The molecule has 0 fully saturated rings. The molecule has 0 aliphatic carbocycles. The van der Waals surface area contributed by atoms with Crippen LogP contribution < -0.4 is 5.32 Å². The third-order valence-electron chi connectivity index (χ3n) is 2.64. The molecule has 0 aromatic heterocycles. The van der Waals surface area contributed by atoms with Crippen molar-refractivity contribution in [1.82, 2.24) is 5.32 Å². The Balaban J connectivity index is 2.19. The Morgan fingerprint density at radius 1 is 1.17 bits per heavy atom. The van der Waals surface area contributed by atoms with Crippen LogP contribution in [-0.4, -0.2) is 7.05 Å². The zero-order chi connectivity index (χ0) is 13.0. The highest BCUT2D eigenvalue weighted by Gasteiger charge is 2.03. The van der Waals surface area contributed by atoms with E-state index in [0.717, 1.165) is 11.4 Å². The van der Waals surface area contributed by atoms with Gasteiger partial charge in [-0.25, -0.2) is 4.39 Å². The summed E-state index contributed by atoms with van der Waals surface area (Å²) >= 11 is 1.59. The van der Waals surface area contributed by atoms with Crippen LogP contribution in [0.1, 0.15) is 11.1 Å². The first-order valence-corrected chi connectivity index (χ1v) is 6.68. The monoisotopic (exact) mass is 261 g/mol. The van der Waals surface area contributed by atoms with Crippen LogP contribution in [0.4, 0.5) is 4.39 Å². The molecule has 0 aliphatic rings. The number of hydrogen-bond acceptors (Lipinski definition) is 2. The van der Waals surface area contributed by atoms with Crippen molar-refractivity contribution >= 4 is 11.8 Å². The van der Waals surface area contributed by atoms with Crippen molar-refractivity contribution in [2.45, 2.75) is 23.3 Å². The van der Waals surface area contributed by atoms with Crippen LogP contribution >= 0.6 is 11.8 Å². The average molecular weight is 261 g/mol. The molecule has 0 heterocycles. The van der Waals surface area contributed by atoms with E-state index in [-0.39, 0.29) is 5.82 Å². The normalized spacial score (nSPS) is 10.6. The van der Waals surface area contributed by atoms with Crippen molar-refractivity contribution in [3.8, 4) is 0 Å². The number of nitrogens with one attached hydrogen (secondary N) is 1. The quantitative estimate of drug-likeness (QED) is 0.892. The second-order valence-electron chi connectivity index (χ2n) is 4.19. The molecule has 0 aliphatic heterocycles. The summed E-state index contributed by atoms with van der Waals surface area (Å²) < 4.78 is 13.1. The minimum atomic E-state index is -0.190. The van der Waals surface area contributed by atoms with E-state index in [1.165, 1.54) is 22.1 Å². The van der Waals surface area contributed by atoms with Crippen molar-refractivity contribution in [2.75, 3.05) is 7.05 Å². The molecular weight excluding hydrogens is 245 g/mol. The molecule has 1 nitrogen and oxygen atoms in total. The molecule has 0 radical (unpaired) electrons. The average Bonchev–Trinajstić information content (AvgIpc) is 2.33. The highest BCUT2D eigenvalue weighted by atomic mass is 32.2. The molecule has 2 aromatic carbocycles. The van der Waals surface area contributed by atoms with E-state index in [1.807, 2.05) is 13.1 Å². The lowest BCUT2D eigenvalue weighted by molar-refractivity contribution is 0.624. The van der Waals surface area contributed by atoms with Crippen LogP contribution in [0, 0.1) is 12.7 Å². The van der Waals surface area contributed by atoms with E-state index in [9.17, 15) is 4.39 Å². The number of aryl methyl sites for hydroxylation is 1. The molecule has 3 heteroatoms. The van der Waals surface area contributed by atoms with Crippen molar-refractivity contribution < 1.29 is 4.39 Å². The van der Waals surface area contributed by atoms with Crippen molar-refractivity contribution in [3.05, 3.63) is 59.4 Å². The van der Waals surface area contributed by atoms with Gasteiger partial charge in [0.1, 0.15) is 5.82 Å². The smallest absolute Gasteiger partial charge is 0.124 e. The maximum absolute atomic E-state index is 13.1. The van der Waals surface area contributed by atoms with E-state index in [1.54, 1.807) is 23.9 Å². The van der Waals surface area contributed by atoms with Crippen LogP contribution in [0.2, 0.25) is 0 Å². The first-order chi connectivity index (χ1) is 8.69. The molecule has 0 bridgehead atoms. The summed E-state index contributed by atoms with van der Waals surface area (Å²) in [5.74, 6) is -0.190. The molecule has 0 atom stereocenters. The van der Waals surface area contributed by atoms with E-state index < -0.39 is 0 Å². The van der Waals surface area contributed by atoms with Crippen LogP contribution in [0.5, 0.6) is 0 Å². The van der Waals surface area contributed by atoms with Gasteiger partial charge < -0.3 is 5.32 Å². The fourth-order valence-corrected chi connectivity index (χ4v) is 2.73. The van der Waals surface area contributed by atoms with Gasteiger partial charge in [0.05, 0.1) is 0 Å². The van der Waals surface area contributed by atoms with Crippen LogP contribution in [0.15, 0.2) is 52.3 Å². The molecule has 94 valence electrons. The van der Waals surface area contributed by atoms with Crippen LogP contribution in [0.3, 0.4) is 0 Å². The Kier molecular flexibility index (Phi) is 4.39. The van der Waals surface area contributed by atoms with Gasteiger partial charge >= 0.3 is 0 Å². The Morgan fingerprint density at radius 2 is 2.00 bits per heavy atom. The topological polar surface area (TPSA) is 12.0 Å². The fourth-order valence-electron chi connectivity index (χ4n) is 1.80. The largest absolute Gasteiger partial charge is 0.316 e. The number of rotatable bonds is 4. The second-order valence-corrected chi connectivity index (χ2v) is 5.30. The summed E-state index contributed by atoms with van der Waals surface area (Å²) in [7, 11) is 1.94. The Hall–Kier alpha value is -1.32. The van der Waals surface area contributed by atoms with E-state index >= 15 is 0 Å². The Bertz CT molecular complexity index is 540. The first-order valence-electron chi connectivity index (χ1n) is 5.86. The van der Waals surface area contributed by atoms with Gasteiger partial charge in [0.25, 0.3) is 0 Å². The van der Waals surface area contributed by atoms with E-state index in [2.05, 4.69) is 30.4 Å². The van der Waals surface area contributed by atoms with Gasteiger partial charge in [-0.2, -0.15) is 0 Å². The lowest BCUT2D eigenvalue weighted by atomic mass is 10.1. The third-order valence-corrected chi connectivity index (χ3v) is 3.81. The maximum atomic E-state index is 13.1. The third kappa shape index (κ3) is 3.34. The molecule has 2 aromatic rings. The lowest BCUT2D eigenvalue weighted by Gasteiger charge is -2.08. The standard InChI is InChI=1S/C15H16FNS/c1-11-8-12(10-17-2)6-7-15(11)18-14-5-3-4-13(16)9-14/h3-9,17H,10H2,1-2H3. The van der Waals surface area contributed by atoms with Crippen LogP contribution in [0.25, 0.3) is 0 Å². The summed E-state index contributed by atoms with van der Waals surface area (Å²) in [6, 6.07) is 13.1. The minimum absolute atomic E-state index is 0.190. The van der Waals surface area contributed by atoms with Crippen LogP contribution in [-0.2, 0) is 6.54 Å². The number of benzene rings is 2. The van der Waals surface area contributed by atoms with Gasteiger partial charge in [-0.3, -0.25) is 0 Å². The first kappa shape index (κ1) is 13.1. The molecular formula is C15H16FNS. The Labute approximate surface area is 111 Å². The van der Waals surface area contributed by atoms with E-state index in [4.69, 9.17) is 0 Å². The van der Waals surface area contributed by atoms with E-state index in [0.29, 0.717) is 0 Å². The summed E-state index contributed by atoms with van der Waals surface area (Å²) in [6.07, 6.45) is 0. The Morgan fingerprint density at radius 3 is 2.67 bits per heavy atom. The van der Waals surface area contributed by atoms with Crippen molar-refractivity contribution in [2.24, 2.45) is 0 Å². The van der Waals surface area contributed by atoms with Gasteiger partial charge in [-0.15, -0.1) is 0 Å². The number of hydrogen-bond donors (Lipinski definition) is 1. The van der Waals surface area contributed by atoms with Gasteiger partial charge in [-0.1, -0.05) is 30.0 Å². The van der Waals surface area contributed by atoms with Crippen molar-refractivity contribution in [3.63, 3.8) is 0 Å². The molecule has 0 saturated carbocycles. The molecule has 0 saturated heterocycles. The number of halogens is 1. The molecule has 0 amide bonds. The van der Waals surface area contributed by atoms with Gasteiger partial charge in [-0.05, 0) is 49.4 Å². The minimum Gasteiger partial charge on any atom is -0.316 e. The highest BCUT2D eigenvalue weighted by molar-refractivity contribution is 7.99. The maximum Gasteiger partial charge on any atom is 0.124 e. The highest BCUT2D eigenvalue weighted by Crippen LogP contribution is 2.30. The molecule has 0 unspecified atom stereocenters. The predicted octanol–water partition coefficient (Wildman–Crippen LogP) is 4.00. The predicted molar refractivity (Wildman–Crippen MR) is 74.5 cm³/mol. The van der Waals surface area contributed by atoms with Crippen molar-refractivity contribution in [1.29, 1.82) is 0 Å². The summed E-state index contributed by atoms with van der Waals surface area (Å²) in [5, 5.41) is 3.13. The SMILES string of the molecule is CNCc1ccc(Sc2cccc(F)c2)c(C)c1. The summed E-state index contributed by atoms with van der Waals surface area (Å²) in [6.45, 7) is 2.95. The molecule has 0 spiro atoms. The molecule has 18 heavy (non-hydrogen) atoms. The van der Waals surface area contributed by atoms with Gasteiger partial charge in [0, 0.05) is 16.3 Å². The molecule has 2 rings (SSSR count). The summed E-state index contributed by atoms with van der Waals surface area (Å²) in [4.78, 5) is 2.10. The zero-order valence-corrected chi connectivity index (χ0v) is 11.4. The van der Waals surface area contributed by atoms with Gasteiger partial charge in [0.2, 0.25) is 0 Å². The second kappa shape index (κ2) is 6.03. The van der Waals surface area contributed by atoms with Gasteiger partial charge in [0.15, 0.2) is 0 Å². The summed E-state index contributed by atoms with van der Waals surface area (Å²) in [5.41, 5.74) is 2.48.